The van der Waals surface area contributed by atoms with Crippen LogP contribution in [0.1, 0.15) is 68.5 Å². The fourth-order valence-corrected chi connectivity index (χ4v) is 4.51. The van der Waals surface area contributed by atoms with Crippen molar-refractivity contribution in [3.05, 3.63) is 16.1 Å². The van der Waals surface area contributed by atoms with Crippen molar-refractivity contribution >= 4 is 23.2 Å². The number of hydrogen-bond donors (Lipinski definition) is 1. The van der Waals surface area contributed by atoms with Crippen LogP contribution in [0.2, 0.25) is 0 Å². The van der Waals surface area contributed by atoms with E-state index in [2.05, 4.69) is 17.6 Å². The van der Waals surface area contributed by atoms with Crippen LogP contribution < -0.4 is 5.32 Å². The number of aromatic nitrogens is 1. The molecular weight excluding hydrogens is 334 g/mol. The molecule has 3 rings (SSSR count). The van der Waals surface area contributed by atoms with Gasteiger partial charge in [-0.1, -0.05) is 13.3 Å². The van der Waals surface area contributed by atoms with E-state index in [4.69, 9.17) is 4.98 Å². The average Bonchev–Trinajstić information content (AvgIpc) is 3.02. The van der Waals surface area contributed by atoms with Crippen LogP contribution in [0, 0.1) is 5.92 Å². The van der Waals surface area contributed by atoms with Gasteiger partial charge in [0, 0.05) is 49.7 Å². The SMILES string of the molecule is CCCC(=O)N1CCC[C@H](c2nc(CCNC(=O)C3CCC3)cs2)C1. The zero-order valence-corrected chi connectivity index (χ0v) is 15.9. The molecule has 1 saturated heterocycles. The normalized spacial score (nSPS) is 21.0. The Morgan fingerprint density at radius 2 is 2.16 bits per heavy atom. The summed E-state index contributed by atoms with van der Waals surface area (Å²) in [7, 11) is 0. The van der Waals surface area contributed by atoms with Crippen molar-refractivity contribution in [1.29, 1.82) is 0 Å². The maximum absolute atomic E-state index is 12.1. The number of nitrogens with one attached hydrogen (secondary N) is 1. The van der Waals surface area contributed by atoms with Gasteiger partial charge in [-0.05, 0) is 32.1 Å². The van der Waals surface area contributed by atoms with E-state index in [1.807, 2.05) is 4.90 Å². The number of amides is 2. The van der Waals surface area contributed by atoms with Gasteiger partial charge in [0.05, 0.1) is 10.7 Å². The lowest BCUT2D eigenvalue weighted by atomic mass is 9.85. The Morgan fingerprint density at radius 1 is 1.32 bits per heavy atom. The van der Waals surface area contributed by atoms with Gasteiger partial charge in [0.2, 0.25) is 11.8 Å². The summed E-state index contributed by atoms with van der Waals surface area (Å²) in [6.07, 6.45) is 7.80. The summed E-state index contributed by atoms with van der Waals surface area (Å²) >= 11 is 1.70. The predicted octanol–water partition coefficient (Wildman–Crippen LogP) is 3.11. The summed E-state index contributed by atoms with van der Waals surface area (Å²) in [6.45, 7) is 4.42. The lowest BCUT2D eigenvalue weighted by Gasteiger charge is -2.31. The molecule has 1 atom stereocenters. The van der Waals surface area contributed by atoms with E-state index < -0.39 is 0 Å². The molecule has 0 spiro atoms. The van der Waals surface area contributed by atoms with Crippen LogP contribution in [0.25, 0.3) is 0 Å². The molecule has 1 N–H and O–H groups in total. The molecule has 2 amide bonds. The highest BCUT2D eigenvalue weighted by atomic mass is 32.1. The summed E-state index contributed by atoms with van der Waals surface area (Å²) in [6, 6.07) is 0. The lowest BCUT2D eigenvalue weighted by Crippen LogP contribution is -2.38. The highest BCUT2D eigenvalue weighted by Gasteiger charge is 2.27. The number of rotatable bonds is 7. The zero-order valence-electron chi connectivity index (χ0n) is 15.1. The molecule has 0 aromatic carbocycles. The molecular formula is C19H29N3O2S. The molecule has 1 aromatic rings. The first-order valence-corrected chi connectivity index (χ1v) is 10.5. The highest BCUT2D eigenvalue weighted by Crippen LogP contribution is 2.30. The van der Waals surface area contributed by atoms with Gasteiger partial charge in [0.1, 0.15) is 0 Å². The second-order valence-corrected chi connectivity index (χ2v) is 8.16. The number of thiazole rings is 1. The van der Waals surface area contributed by atoms with E-state index in [-0.39, 0.29) is 17.7 Å². The van der Waals surface area contributed by atoms with Gasteiger partial charge >= 0.3 is 0 Å². The smallest absolute Gasteiger partial charge is 0.223 e. The molecule has 1 aliphatic carbocycles. The Labute approximate surface area is 154 Å². The molecule has 0 bridgehead atoms. The third-order valence-electron chi connectivity index (χ3n) is 5.31. The van der Waals surface area contributed by atoms with Crippen LogP contribution in [0.15, 0.2) is 5.38 Å². The third-order valence-corrected chi connectivity index (χ3v) is 6.37. The van der Waals surface area contributed by atoms with E-state index in [0.29, 0.717) is 18.9 Å². The Bertz CT molecular complexity index is 597. The van der Waals surface area contributed by atoms with Crippen molar-refractivity contribution < 1.29 is 9.59 Å². The van der Waals surface area contributed by atoms with Gasteiger partial charge in [-0.3, -0.25) is 9.59 Å². The summed E-state index contributed by atoms with van der Waals surface area (Å²) < 4.78 is 0. The van der Waals surface area contributed by atoms with Gasteiger partial charge in [0.25, 0.3) is 0 Å². The average molecular weight is 364 g/mol. The first-order chi connectivity index (χ1) is 12.2. The maximum atomic E-state index is 12.1. The molecule has 0 radical (unpaired) electrons. The van der Waals surface area contributed by atoms with Crippen LogP contribution in [0.5, 0.6) is 0 Å². The summed E-state index contributed by atoms with van der Waals surface area (Å²) in [5.41, 5.74) is 1.06. The standard InChI is InChI=1S/C19H29N3O2S/c1-2-5-17(23)22-11-4-8-15(12-22)19-21-16(13-25-19)9-10-20-18(24)14-6-3-7-14/h13-15H,2-12H2,1H3,(H,20,24)/t15-/m0/s1. The second-order valence-electron chi connectivity index (χ2n) is 7.27. The Hall–Kier alpha value is -1.43. The number of nitrogens with zero attached hydrogens (tertiary/aromatic N) is 2. The monoisotopic (exact) mass is 363 g/mol. The molecule has 1 saturated carbocycles. The van der Waals surface area contributed by atoms with Crippen LogP contribution in [0.4, 0.5) is 0 Å². The second kappa shape index (κ2) is 8.79. The van der Waals surface area contributed by atoms with E-state index in [1.165, 1.54) is 6.42 Å². The summed E-state index contributed by atoms with van der Waals surface area (Å²) in [4.78, 5) is 30.8. The Morgan fingerprint density at radius 3 is 2.88 bits per heavy atom. The Kier molecular flexibility index (Phi) is 6.45. The molecule has 5 nitrogen and oxygen atoms in total. The highest BCUT2D eigenvalue weighted by molar-refractivity contribution is 7.09. The molecule has 138 valence electrons. The minimum atomic E-state index is 0.207. The topological polar surface area (TPSA) is 62.3 Å². The maximum Gasteiger partial charge on any atom is 0.223 e. The van der Waals surface area contributed by atoms with Crippen molar-refractivity contribution in [1.82, 2.24) is 15.2 Å². The fourth-order valence-electron chi connectivity index (χ4n) is 3.53. The quantitative estimate of drug-likeness (QED) is 0.810. The summed E-state index contributed by atoms with van der Waals surface area (Å²) in [5.74, 6) is 1.11. The lowest BCUT2D eigenvalue weighted by molar-refractivity contribution is -0.132. The van der Waals surface area contributed by atoms with E-state index >= 15 is 0 Å². The van der Waals surface area contributed by atoms with E-state index in [1.54, 1.807) is 11.3 Å². The third kappa shape index (κ3) is 4.81. The molecule has 1 aromatic heterocycles. The van der Waals surface area contributed by atoms with Crippen LogP contribution in [-0.2, 0) is 16.0 Å². The van der Waals surface area contributed by atoms with Crippen molar-refractivity contribution in [3.8, 4) is 0 Å². The van der Waals surface area contributed by atoms with Gasteiger partial charge in [-0.25, -0.2) is 4.98 Å². The Balaban J connectivity index is 1.47. The van der Waals surface area contributed by atoms with E-state index in [0.717, 1.165) is 62.3 Å². The van der Waals surface area contributed by atoms with Crippen molar-refractivity contribution in [2.45, 2.75) is 64.2 Å². The molecule has 1 aliphatic heterocycles. The zero-order chi connectivity index (χ0) is 17.6. The molecule has 2 heterocycles. The first-order valence-electron chi connectivity index (χ1n) is 9.67. The molecule has 2 aliphatic rings. The van der Waals surface area contributed by atoms with Gasteiger partial charge in [-0.15, -0.1) is 11.3 Å². The number of piperidine rings is 1. The van der Waals surface area contributed by atoms with Gasteiger partial charge in [0.15, 0.2) is 0 Å². The van der Waals surface area contributed by atoms with Gasteiger partial charge in [-0.2, -0.15) is 0 Å². The number of hydrogen-bond acceptors (Lipinski definition) is 4. The number of carbonyl (C=O) groups is 2. The molecule has 6 heteroatoms. The largest absolute Gasteiger partial charge is 0.355 e. The molecule has 2 fully saturated rings. The summed E-state index contributed by atoms with van der Waals surface area (Å²) in [5, 5.41) is 6.29. The predicted molar refractivity (Wildman–Crippen MR) is 99.6 cm³/mol. The first kappa shape index (κ1) is 18.4. The van der Waals surface area contributed by atoms with Crippen LogP contribution in [0.3, 0.4) is 0 Å². The molecule has 25 heavy (non-hydrogen) atoms. The fraction of sp³-hybridized carbons (Fsp3) is 0.737. The van der Waals surface area contributed by atoms with Crippen molar-refractivity contribution in [2.75, 3.05) is 19.6 Å². The van der Waals surface area contributed by atoms with Crippen molar-refractivity contribution in [2.24, 2.45) is 5.92 Å². The molecule has 0 unspecified atom stereocenters. The minimum absolute atomic E-state index is 0.207. The number of carbonyl (C=O) groups excluding carboxylic acids is 2. The van der Waals surface area contributed by atoms with E-state index in [9.17, 15) is 9.59 Å². The van der Waals surface area contributed by atoms with Crippen molar-refractivity contribution in [3.63, 3.8) is 0 Å². The number of likely N-dealkylation sites (tertiary alicyclic amines) is 1. The van der Waals surface area contributed by atoms with Gasteiger partial charge < -0.3 is 10.2 Å². The van der Waals surface area contributed by atoms with Crippen LogP contribution in [-0.4, -0.2) is 41.3 Å². The van der Waals surface area contributed by atoms with Crippen LogP contribution >= 0.6 is 11.3 Å². The minimum Gasteiger partial charge on any atom is -0.355 e.